The van der Waals surface area contributed by atoms with Gasteiger partial charge in [-0.25, -0.2) is 10.4 Å². The molecule has 0 unspecified atom stereocenters. The highest BCUT2D eigenvalue weighted by Gasteiger charge is 2.12. The van der Waals surface area contributed by atoms with Crippen LogP contribution in [0.3, 0.4) is 0 Å². The lowest BCUT2D eigenvalue weighted by atomic mass is 10.1. The maximum Gasteiger partial charge on any atom is 0.271 e. The number of hydrogen-bond acceptors (Lipinski definition) is 7. The molecule has 0 bridgehead atoms. The molecule has 9 heteroatoms. The molecule has 4 aromatic rings. The number of carbonyl (C=O) groups excluding carboxylic acids is 1. The SMILES string of the molecule is CCCCCCOc1c(Br)cc(/C=N/NC(=O)c2ccc(-c3csc(Nc4ccccc4)n3)cc2)cc1OCC. The van der Waals surface area contributed by atoms with Gasteiger partial charge in [-0.3, -0.25) is 4.79 Å². The number of carbonyl (C=O) groups is 1. The summed E-state index contributed by atoms with van der Waals surface area (Å²) in [6.45, 7) is 5.26. The zero-order valence-electron chi connectivity index (χ0n) is 22.7. The van der Waals surface area contributed by atoms with E-state index in [0.717, 1.165) is 45.0 Å². The van der Waals surface area contributed by atoms with Crippen molar-refractivity contribution >= 4 is 50.2 Å². The smallest absolute Gasteiger partial charge is 0.271 e. The highest BCUT2D eigenvalue weighted by atomic mass is 79.9. The number of halogens is 1. The number of nitrogens with one attached hydrogen (secondary N) is 2. The van der Waals surface area contributed by atoms with Gasteiger partial charge in [0.15, 0.2) is 16.6 Å². The average molecular weight is 622 g/mol. The van der Waals surface area contributed by atoms with E-state index in [0.29, 0.717) is 30.3 Å². The zero-order valence-corrected chi connectivity index (χ0v) is 25.1. The Bertz CT molecular complexity index is 1410. The molecule has 3 aromatic carbocycles. The number of nitrogens with zero attached hydrogens (tertiary/aromatic N) is 2. The van der Waals surface area contributed by atoms with Crippen molar-refractivity contribution in [3.8, 4) is 22.8 Å². The van der Waals surface area contributed by atoms with Gasteiger partial charge in [-0.1, -0.05) is 56.5 Å². The number of unbranched alkanes of at least 4 members (excludes halogenated alkanes) is 3. The summed E-state index contributed by atoms with van der Waals surface area (Å²) < 4.78 is 12.6. The Morgan fingerprint density at radius 3 is 2.58 bits per heavy atom. The lowest BCUT2D eigenvalue weighted by molar-refractivity contribution is 0.0955. The van der Waals surface area contributed by atoms with E-state index in [1.807, 2.05) is 66.9 Å². The summed E-state index contributed by atoms with van der Waals surface area (Å²) in [7, 11) is 0. The Kier molecular flexibility index (Phi) is 11.1. The summed E-state index contributed by atoms with van der Waals surface area (Å²) in [4.78, 5) is 17.3. The number of aromatic nitrogens is 1. The minimum atomic E-state index is -0.302. The maximum atomic E-state index is 12.7. The summed E-state index contributed by atoms with van der Waals surface area (Å²) in [6.07, 6.45) is 6.11. The van der Waals surface area contributed by atoms with Gasteiger partial charge < -0.3 is 14.8 Å². The van der Waals surface area contributed by atoms with E-state index in [9.17, 15) is 4.79 Å². The topological polar surface area (TPSA) is 84.8 Å². The fraction of sp³-hybridized carbons (Fsp3) is 0.258. The van der Waals surface area contributed by atoms with Gasteiger partial charge in [-0.15, -0.1) is 11.3 Å². The first-order chi connectivity index (χ1) is 19.6. The van der Waals surface area contributed by atoms with Crippen molar-refractivity contribution in [2.45, 2.75) is 39.5 Å². The third-order valence-corrected chi connectivity index (χ3v) is 7.27. The van der Waals surface area contributed by atoms with Crippen LogP contribution >= 0.6 is 27.3 Å². The van der Waals surface area contributed by atoms with Gasteiger partial charge in [-0.05, 0) is 71.2 Å². The van der Waals surface area contributed by atoms with Crippen molar-refractivity contribution in [3.63, 3.8) is 0 Å². The standard InChI is InChI=1S/C31H33BrN4O3S/c1-3-5-6-10-17-39-29-26(32)18-22(19-28(29)38-4-2)20-33-36-30(37)24-15-13-23(14-16-24)27-21-40-31(35-27)34-25-11-8-7-9-12-25/h7-9,11-16,18-21H,3-6,10,17H2,1-2H3,(H,34,35)(H,36,37)/b33-20+. The fourth-order valence-electron chi connectivity index (χ4n) is 3.90. The predicted octanol–water partition coefficient (Wildman–Crippen LogP) is 8.44. The van der Waals surface area contributed by atoms with Gasteiger partial charge in [0.05, 0.1) is 29.6 Å². The number of thiazole rings is 1. The predicted molar refractivity (Wildman–Crippen MR) is 167 cm³/mol. The van der Waals surface area contributed by atoms with Gasteiger partial charge in [0, 0.05) is 22.2 Å². The second kappa shape index (κ2) is 15.2. The van der Waals surface area contributed by atoms with Gasteiger partial charge in [0.1, 0.15) is 0 Å². The number of ether oxygens (including phenoxy) is 2. The molecule has 1 heterocycles. The minimum absolute atomic E-state index is 0.302. The summed E-state index contributed by atoms with van der Waals surface area (Å²) in [5.74, 6) is 1.02. The molecule has 0 spiro atoms. The van der Waals surface area contributed by atoms with Crippen molar-refractivity contribution in [1.29, 1.82) is 0 Å². The van der Waals surface area contributed by atoms with Crippen LogP contribution in [0.2, 0.25) is 0 Å². The zero-order chi connectivity index (χ0) is 28.2. The van der Waals surface area contributed by atoms with Crippen molar-refractivity contribution in [1.82, 2.24) is 10.4 Å². The van der Waals surface area contributed by atoms with Crippen LogP contribution in [0.5, 0.6) is 11.5 Å². The number of amides is 1. The van der Waals surface area contributed by atoms with Crippen LogP contribution in [0.4, 0.5) is 10.8 Å². The first-order valence-electron chi connectivity index (χ1n) is 13.4. The molecule has 2 N–H and O–H groups in total. The Morgan fingerprint density at radius 1 is 1.02 bits per heavy atom. The van der Waals surface area contributed by atoms with Crippen LogP contribution in [0.1, 0.15) is 55.5 Å². The quantitative estimate of drug-likeness (QED) is 0.0839. The van der Waals surface area contributed by atoms with E-state index in [1.165, 1.54) is 24.2 Å². The number of hydrazone groups is 1. The fourth-order valence-corrected chi connectivity index (χ4v) is 5.21. The average Bonchev–Trinajstić information content (AvgIpc) is 3.43. The first-order valence-corrected chi connectivity index (χ1v) is 15.0. The van der Waals surface area contributed by atoms with Gasteiger partial charge >= 0.3 is 0 Å². The van der Waals surface area contributed by atoms with Gasteiger partial charge in [0.2, 0.25) is 0 Å². The largest absolute Gasteiger partial charge is 0.490 e. The summed E-state index contributed by atoms with van der Waals surface area (Å²) >= 11 is 5.12. The molecule has 7 nitrogen and oxygen atoms in total. The normalized spacial score (nSPS) is 11.0. The molecule has 0 saturated heterocycles. The number of rotatable bonds is 14. The Morgan fingerprint density at radius 2 is 1.82 bits per heavy atom. The Labute approximate surface area is 247 Å². The minimum Gasteiger partial charge on any atom is -0.490 e. The van der Waals surface area contributed by atoms with E-state index in [-0.39, 0.29) is 5.91 Å². The molecule has 0 atom stereocenters. The molecule has 0 aliphatic heterocycles. The van der Waals surface area contributed by atoms with E-state index in [4.69, 9.17) is 9.47 Å². The van der Waals surface area contributed by atoms with Crippen LogP contribution in [-0.4, -0.2) is 30.3 Å². The van der Waals surface area contributed by atoms with Crippen LogP contribution in [-0.2, 0) is 0 Å². The third-order valence-electron chi connectivity index (χ3n) is 5.93. The van der Waals surface area contributed by atoms with Gasteiger partial charge in [-0.2, -0.15) is 5.10 Å². The van der Waals surface area contributed by atoms with Crippen LogP contribution < -0.4 is 20.2 Å². The molecule has 4 rings (SSSR count). The lowest BCUT2D eigenvalue weighted by Gasteiger charge is -2.14. The second-order valence-corrected chi connectivity index (χ2v) is 10.7. The van der Waals surface area contributed by atoms with E-state index in [1.54, 1.807) is 18.3 Å². The lowest BCUT2D eigenvalue weighted by Crippen LogP contribution is -2.17. The molecule has 0 fully saturated rings. The molecule has 208 valence electrons. The van der Waals surface area contributed by atoms with E-state index in [2.05, 4.69) is 43.7 Å². The molecule has 0 radical (unpaired) electrons. The summed E-state index contributed by atoms with van der Waals surface area (Å²) in [5, 5.41) is 10.2. The highest BCUT2D eigenvalue weighted by molar-refractivity contribution is 9.10. The van der Waals surface area contributed by atoms with Crippen molar-refractivity contribution in [3.05, 3.63) is 87.7 Å². The van der Waals surface area contributed by atoms with Crippen molar-refractivity contribution in [2.24, 2.45) is 5.10 Å². The Balaban J connectivity index is 1.34. The summed E-state index contributed by atoms with van der Waals surface area (Å²) in [5.41, 5.74) is 6.63. The molecule has 0 aliphatic carbocycles. The summed E-state index contributed by atoms with van der Waals surface area (Å²) in [6, 6.07) is 21.0. The molecule has 0 aliphatic rings. The molecule has 1 amide bonds. The highest BCUT2D eigenvalue weighted by Crippen LogP contribution is 2.37. The number of benzene rings is 3. The molecule has 40 heavy (non-hydrogen) atoms. The van der Waals surface area contributed by atoms with Crippen LogP contribution in [0.15, 0.2) is 81.7 Å². The molecular weight excluding hydrogens is 588 g/mol. The Hall–Kier alpha value is -3.69. The molecule has 0 saturated carbocycles. The molecular formula is C31H33BrN4O3S. The maximum absolute atomic E-state index is 12.7. The van der Waals surface area contributed by atoms with Crippen LogP contribution in [0, 0.1) is 0 Å². The van der Waals surface area contributed by atoms with Gasteiger partial charge in [0.25, 0.3) is 5.91 Å². The second-order valence-electron chi connectivity index (χ2n) is 8.98. The molecule has 1 aromatic heterocycles. The van der Waals surface area contributed by atoms with Crippen molar-refractivity contribution < 1.29 is 14.3 Å². The van der Waals surface area contributed by atoms with E-state index >= 15 is 0 Å². The number of hydrogen-bond donors (Lipinski definition) is 2. The van der Waals surface area contributed by atoms with Crippen LogP contribution in [0.25, 0.3) is 11.3 Å². The van der Waals surface area contributed by atoms with E-state index < -0.39 is 0 Å². The monoisotopic (exact) mass is 620 g/mol. The third kappa shape index (κ3) is 8.40. The number of para-hydroxylation sites is 1. The van der Waals surface area contributed by atoms with Crippen molar-refractivity contribution in [2.75, 3.05) is 18.5 Å². The first kappa shape index (κ1) is 29.3. The number of anilines is 2.